The maximum absolute atomic E-state index is 14.0. The standard InChI is InChI=1S/C25H27F2N5O2/c1-17-2-4-21(5-7-23(31-30-17)18-8-10-28-11-9-18)29-25(33)24-16-32(12-13-34-24)15-19-14-20(26)3-6-22(19)27/h2-6,8-11,14,17,24,30H,7,12-13,15-16H2,1H3,(H,29,33)/b4-2-,21-5+,31-23+. The highest BCUT2D eigenvalue weighted by atomic mass is 19.1. The number of amides is 1. The highest BCUT2D eigenvalue weighted by molar-refractivity contribution is 6.01. The number of hydrazone groups is 1. The zero-order valence-corrected chi connectivity index (χ0v) is 18.9. The Morgan fingerprint density at radius 2 is 2.09 bits per heavy atom. The van der Waals surface area contributed by atoms with Crippen LogP contribution in [0, 0.1) is 11.6 Å². The predicted molar refractivity (Wildman–Crippen MR) is 125 cm³/mol. The van der Waals surface area contributed by atoms with Gasteiger partial charge in [-0.2, -0.15) is 5.10 Å². The molecule has 1 amide bonds. The molecular formula is C25H27F2N5O2. The van der Waals surface area contributed by atoms with E-state index in [4.69, 9.17) is 4.74 Å². The maximum Gasteiger partial charge on any atom is 0.254 e. The van der Waals surface area contributed by atoms with Gasteiger partial charge < -0.3 is 15.5 Å². The molecule has 1 aromatic heterocycles. The summed E-state index contributed by atoms with van der Waals surface area (Å²) >= 11 is 0. The number of pyridine rings is 1. The van der Waals surface area contributed by atoms with Crippen LogP contribution >= 0.6 is 0 Å². The molecule has 3 heterocycles. The van der Waals surface area contributed by atoms with Gasteiger partial charge in [0, 0.05) is 55.3 Å². The van der Waals surface area contributed by atoms with Gasteiger partial charge in [0.15, 0.2) is 0 Å². The lowest BCUT2D eigenvalue weighted by molar-refractivity contribution is -0.138. The Hall–Kier alpha value is -3.43. The number of rotatable bonds is 5. The molecule has 4 rings (SSSR count). The number of allylic oxidation sites excluding steroid dienone is 2. The second kappa shape index (κ2) is 11.1. The van der Waals surface area contributed by atoms with Crippen LogP contribution in [0.4, 0.5) is 8.78 Å². The van der Waals surface area contributed by atoms with Crippen molar-refractivity contribution >= 4 is 11.6 Å². The van der Waals surface area contributed by atoms with Crippen molar-refractivity contribution in [3.8, 4) is 0 Å². The number of hydrogen-bond acceptors (Lipinski definition) is 6. The van der Waals surface area contributed by atoms with Gasteiger partial charge in [0.1, 0.15) is 17.7 Å². The monoisotopic (exact) mass is 467 g/mol. The summed E-state index contributed by atoms with van der Waals surface area (Å²) in [4.78, 5) is 18.9. The number of carbonyl (C=O) groups excluding carboxylic acids is 1. The van der Waals surface area contributed by atoms with Crippen molar-refractivity contribution in [2.24, 2.45) is 5.10 Å². The van der Waals surface area contributed by atoms with Gasteiger partial charge in [0.05, 0.1) is 18.4 Å². The fourth-order valence-corrected chi connectivity index (χ4v) is 3.74. The number of ether oxygens (including phenoxy) is 1. The first-order chi connectivity index (χ1) is 16.5. The third-order valence-electron chi connectivity index (χ3n) is 5.61. The molecule has 0 spiro atoms. The molecule has 0 saturated carbocycles. The van der Waals surface area contributed by atoms with Crippen LogP contribution in [0.15, 0.2) is 71.8 Å². The molecule has 0 bridgehead atoms. The van der Waals surface area contributed by atoms with Gasteiger partial charge in [-0.1, -0.05) is 12.2 Å². The van der Waals surface area contributed by atoms with Gasteiger partial charge in [-0.25, -0.2) is 8.78 Å². The molecule has 2 aromatic rings. The summed E-state index contributed by atoms with van der Waals surface area (Å²) in [5.41, 5.74) is 5.75. The van der Waals surface area contributed by atoms with Gasteiger partial charge >= 0.3 is 0 Å². The average Bonchev–Trinajstić information content (AvgIpc) is 2.93. The Morgan fingerprint density at radius 3 is 2.91 bits per heavy atom. The smallest absolute Gasteiger partial charge is 0.254 e. The zero-order valence-electron chi connectivity index (χ0n) is 18.9. The fourth-order valence-electron chi connectivity index (χ4n) is 3.74. The molecule has 1 fully saturated rings. The molecule has 2 N–H and O–H groups in total. The Labute approximate surface area is 197 Å². The van der Waals surface area contributed by atoms with Gasteiger partial charge in [0.2, 0.25) is 0 Å². The van der Waals surface area contributed by atoms with E-state index in [1.54, 1.807) is 12.4 Å². The van der Waals surface area contributed by atoms with E-state index in [-0.39, 0.29) is 30.6 Å². The first-order valence-electron chi connectivity index (χ1n) is 11.2. The van der Waals surface area contributed by atoms with E-state index in [2.05, 4.69) is 20.8 Å². The van der Waals surface area contributed by atoms with E-state index in [1.165, 1.54) is 6.07 Å². The van der Waals surface area contributed by atoms with Crippen molar-refractivity contribution in [2.75, 3.05) is 19.7 Å². The van der Waals surface area contributed by atoms with Crippen LogP contribution in [-0.2, 0) is 16.1 Å². The van der Waals surface area contributed by atoms with E-state index in [0.29, 0.717) is 25.3 Å². The maximum atomic E-state index is 14.0. The molecule has 0 aliphatic carbocycles. The molecule has 9 heteroatoms. The van der Waals surface area contributed by atoms with Crippen molar-refractivity contribution in [3.63, 3.8) is 0 Å². The molecule has 178 valence electrons. The summed E-state index contributed by atoms with van der Waals surface area (Å²) in [5.74, 6) is -1.25. The van der Waals surface area contributed by atoms with Crippen LogP contribution in [0.2, 0.25) is 0 Å². The van der Waals surface area contributed by atoms with Crippen LogP contribution in [-0.4, -0.2) is 53.3 Å². The van der Waals surface area contributed by atoms with Gasteiger partial charge in [0.25, 0.3) is 5.91 Å². The molecule has 1 aromatic carbocycles. The number of hydrogen-bond donors (Lipinski definition) is 2. The summed E-state index contributed by atoms with van der Waals surface area (Å²) in [6, 6.07) is 7.11. The molecule has 7 nitrogen and oxygen atoms in total. The summed E-state index contributed by atoms with van der Waals surface area (Å²) in [6.07, 6.45) is 8.84. The number of benzene rings is 1. The molecule has 2 unspecified atom stereocenters. The number of nitrogens with zero attached hydrogens (tertiary/aromatic N) is 3. The van der Waals surface area contributed by atoms with Crippen molar-refractivity contribution in [2.45, 2.75) is 32.0 Å². The number of nitrogens with one attached hydrogen (secondary N) is 2. The van der Waals surface area contributed by atoms with Gasteiger partial charge in [-0.05, 0) is 43.3 Å². The van der Waals surface area contributed by atoms with E-state index in [1.807, 2.05) is 42.2 Å². The third kappa shape index (κ3) is 6.33. The lowest BCUT2D eigenvalue weighted by Crippen LogP contribution is -2.49. The zero-order chi connectivity index (χ0) is 23.9. The number of aromatic nitrogens is 1. The lowest BCUT2D eigenvalue weighted by Gasteiger charge is -2.32. The second-order valence-electron chi connectivity index (χ2n) is 8.25. The van der Waals surface area contributed by atoms with E-state index >= 15 is 0 Å². The summed E-state index contributed by atoms with van der Waals surface area (Å²) in [5, 5.41) is 7.44. The van der Waals surface area contributed by atoms with Crippen molar-refractivity contribution in [1.29, 1.82) is 0 Å². The highest BCUT2D eigenvalue weighted by Crippen LogP contribution is 2.16. The molecule has 0 radical (unpaired) electrons. The van der Waals surface area contributed by atoms with Crippen molar-refractivity contribution in [3.05, 3.63) is 89.4 Å². The van der Waals surface area contributed by atoms with Gasteiger partial charge in [-0.3, -0.25) is 14.7 Å². The molecular weight excluding hydrogens is 440 g/mol. The highest BCUT2D eigenvalue weighted by Gasteiger charge is 2.27. The Morgan fingerprint density at radius 1 is 1.26 bits per heavy atom. The minimum atomic E-state index is -0.726. The first kappa shape index (κ1) is 23.7. The summed E-state index contributed by atoms with van der Waals surface area (Å²) in [6.45, 7) is 3.29. The Balaban J connectivity index is 1.42. The molecule has 1 saturated heterocycles. The molecule has 2 aliphatic rings. The third-order valence-corrected chi connectivity index (χ3v) is 5.61. The second-order valence-corrected chi connectivity index (χ2v) is 8.25. The minimum Gasteiger partial charge on any atom is -0.366 e. The predicted octanol–water partition coefficient (Wildman–Crippen LogP) is 2.90. The summed E-state index contributed by atoms with van der Waals surface area (Å²) < 4.78 is 33.2. The minimum absolute atomic E-state index is 0.0437. The van der Waals surface area contributed by atoms with E-state index < -0.39 is 17.7 Å². The van der Waals surface area contributed by atoms with Crippen molar-refractivity contribution in [1.82, 2.24) is 20.6 Å². The number of morpholine rings is 1. The Bertz CT molecular complexity index is 1100. The molecule has 2 atom stereocenters. The Kier molecular flexibility index (Phi) is 7.76. The largest absolute Gasteiger partial charge is 0.366 e. The van der Waals surface area contributed by atoms with Crippen molar-refractivity contribution < 1.29 is 18.3 Å². The molecule has 2 aliphatic heterocycles. The first-order valence-corrected chi connectivity index (χ1v) is 11.2. The van der Waals surface area contributed by atoms with Crippen LogP contribution in [0.1, 0.15) is 24.5 Å². The number of carbonyl (C=O) groups is 1. The van der Waals surface area contributed by atoms with Crippen LogP contribution in [0.3, 0.4) is 0 Å². The van der Waals surface area contributed by atoms with Gasteiger partial charge in [-0.15, -0.1) is 0 Å². The van der Waals surface area contributed by atoms with E-state index in [9.17, 15) is 13.6 Å². The van der Waals surface area contributed by atoms with E-state index in [0.717, 1.165) is 23.4 Å². The van der Waals surface area contributed by atoms with Crippen LogP contribution in [0.25, 0.3) is 0 Å². The lowest BCUT2D eigenvalue weighted by atomic mass is 10.1. The molecule has 34 heavy (non-hydrogen) atoms. The number of halogens is 2. The fraction of sp³-hybridized carbons (Fsp3) is 0.320. The quantitative estimate of drug-likeness (QED) is 0.707. The normalized spacial score (nSPS) is 25.4. The van der Waals surface area contributed by atoms with Crippen LogP contribution in [0.5, 0.6) is 0 Å². The van der Waals surface area contributed by atoms with Crippen LogP contribution < -0.4 is 10.7 Å². The SMILES string of the molecule is CC1/C=C\C(NC(=O)C2CN(Cc3cc(F)ccc3F)CCO2)=C/C/C(c2ccncc2)=N\N1. The summed E-state index contributed by atoms with van der Waals surface area (Å²) in [7, 11) is 0. The topological polar surface area (TPSA) is 78.9 Å². The average molecular weight is 468 g/mol.